The molecule has 2 atom stereocenters. The molecule has 0 aliphatic rings. The van der Waals surface area contributed by atoms with Crippen LogP contribution in [0.25, 0.3) is 0 Å². The number of hydrogen-bond acceptors (Lipinski definition) is 3. The topological polar surface area (TPSA) is 35.5 Å². The van der Waals surface area contributed by atoms with Crippen LogP contribution in [-0.4, -0.2) is 13.2 Å². The third-order valence-electron chi connectivity index (χ3n) is 4.92. The summed E-state index contributed by atoms with van der Waals surface area (Å²) < 4.78 is 22.6. The van der Waals surface area contributed by atoms with Crippen LogP contribution in [0.5, 0.6) is 0 Å². The van der Waals surface area contributed by atoms with Gasteiger partial charge in [0, 0.05) is 0 Å². The molecular formula is C22H49O3P. The van der Waals surface area contributed by atoms with E-state index in [9.17, 15) is 4.57 Å². The number of hydrogen-bond donors (Lipinski definition) is 0. The molecule has 0 fully saturated rings. The van der Waals surface area contributed by atoms with Gasteiger partial charge in [0.25, 0.3) is 0 Å². The van der Waals surface area contributed by atoms with Gasteiger partial charge < -0.3 is 9.05 Å². The summed E-state index contributed by atoms with van der Waals surface area (Å²) in [5, 5.41) is 0. The summed E-state index contributed by atoms with van der Waals surface area (Å²) in [5.41, 5.74) is 0. The van der Waals surface area contributed by atoms with Gasteiger partial charge in [-0.3, -0.25) is 4.57 Å². The molecule has 0 amide bonds. The molecule has 160 valence electrons. The maximum atomic E-state index is 11.8. The summed E-state index contributed by atoms with van der Waals surface area (Å²) in [5.74, 6) is 1.05. The summed E-state index contributed by atoms with van der Waals surface area (Å²) in [6.45, 7) is 14.4. The van der Waals surface area contributed by atoms with Crippen molar-refractivity contribution in [3.63, 3.8) is 0 Å². The largest absolute Gasteiger partial charge is 0.319 e. The van der Waals surface area contributed by atoms with Crippen LogP contribution in [0.2, 0.25) is 0 Å². The van der Waals surface area contributed by atoms with E-state index in [4.69, 9.17) is 9.05 Å². The van der Waals surface area contributed by atoms with Gasteiger partial charge in [0.2, 0.25) is 0 Å². The summed E-state index contributed by atoms with van der Waals surface area (Å²) >= 11 is 0. The van der Waals surface area contributed by atoms with Gasteiger partial charge in [0.05, 0.1) is 13.2 Å². The number of rotatable bonds is 17. The molecule has 0 aliphatic heterocycles. The van der Waals surface area contributed by atoms with E-state index in [-0.39, 0.29) is 0 Å². The van der Waals surface area contributed by atoms with Crippen molar-refractivity contribution in [2.75, 3.05) is 13.2 Å². The van der Waals surface area contributed by atoms with Crippen molar-refractivity contribution >= 4 is 8.25 Å². The Labute approximate surface area is 166 Å². The predicted molar refractivity (Wildman–Crippen MR) is 117 cm³/mol. The minimum absolute atomic E-state index is 0.523. The van der Waals surface area contributed by atoms with Crippen LogP contribution in [0.3, 0.4) is 0 Å². The van der Waals surface area contributed by atoms with Gasteiger partial charge in [-0.1, -0.05) is 106 Å². The summed E-state index contributed by atoms with van der Waals surface area (Å²) in [4.78, 5) is 0. The highest BCUT2D eigenvalue weighted by atomic mass is 31.1. The normalized spacial score (nSPS) is 14.4. The third kappa shape index (κ3) is 20.5. The van der Waals surface area contributed by atoms with Gasteiger partial charge >= 0.3 is 8.25 Å². The van der Waals surface area contributed by atoms with Crippen molar-refractivity contribution in [3.8, 4) is 0 Å². The Morgan fingerprint density at radius 1 is 0.615 bits per heavy atom. The van der Waals surface area contributed by atoms with E-state index in [1.807, 2.05) is 0 Å². The predicted octanol–water partition coefficient (Wildman–Crippen LogP) is 8.43. The van der Waals surface area contributed by atoms with Gasteiger partial charge in [-0.25, -0.2) is 0 Å². The first-order valence-electron chi connectivity index (χ1n) is 11.4. The van der Waals surface area contributed by atoms with Gasteiger partial charge in [-0.05, 0) is 24.7 Å². The Hall–Kier alpha value is 0.150. The molecule has 0 saturated carbocycles. The van der Waals surface area contributed by atoms with E-state index < -0.39 is 8.25 Å². The van der Waals surface area contributed by atoms with Gasteiger partial charge in [-0.2, -0.15) is 0 Å². The molecule has 0 saturated heterocycles. The Morgan fingerprint density at radius 2 is 0.962 bits per heavy atom. The monoisotopic (exact) mass is 392 g/mol. The fraction of sp³-hybridized carbons (Fsp3) is 1.00. The smallest absolute Gasteiger partial charge is 0.310 e. The van der Waals surface area contributed by atoms with Crippen molar-refractivity contribution in [1.29, 1.82) is 0 Å². The highest BCUT2D eigenvalue weighted by Gasteiger charge is 2.11. The Morgan fingerprint density at radius 3 is 1.23 bits per heavy atom. The minimum atomic E-state index is -2.30. The van der Waals surface area contributed by atoms with Crippen LogP contribution < -0.4 is 0 Å². The Bertz CT molecular complexity index is 259. The first kappa shape index (κ1) is 28.4. The lowest BCUT2D eigenvalue weighted by molar-refractivity contribution is 0.167. The van der Waals surface area contributed by atoms with Crippen molar-refractivity contribution in [2.24, 2.45) is 11.8 Å². The lowest BCUT2D eigenvalue weighted by Crippen LogP contribution is -2.08. The molecule has 3 nitrogen and oxygen atoms in total. The molecule has 2 unspecified atom stereocenters. The highest BCUT2D eigenvalue weighted by molar-refractivity contribution is 7.33. The fourth-order valence-electron chi connectivity index (χ4n) is 2.71. The van der Waals surface area contributed by atoms with Crippen molar-refractivity contribution in [1.82, 2.24) is 0 Å². The molecule has 4 heteroatoms. The molecule has 0 rings (SSSR count). The molecule has 0 aliphatic carbocycles. The van der Waals surface area contributed by atoms with Gasteiger partial charge in [0.1, 0.15) is 0 Å². The zero-order chi connectivity index (χ0) is 20.0. The first-order valence-corrected chi connectivity index (χ1v) is 12.6. The lowest BCUT2D eigenvalue weighted by Gasteiger charge is -2.16. The maximum Gasteiger partial charge on any atom is 0.319 e. The molecule has 0 radical (unpaired) electrons. The van der Waals surface area contributed by atoms with Crippen LogP contribution in [0.4, 0.5) is 0 Å². The molecular weight excluding hydrogens is 343 g/mol. The number of unbranched alkanes of at least 4 members (excludes halogenated alkanes) is 5. The summed E-state index contributed by atoms with van der Waals surface area (Å²) in [6, 6.07) is 0. The van der Waals surface area contributed by atoms with E-state index in [1.54, 1.807) is 0 Å². The molecule has 0 spiro atoms. The van der Waals surface area contributed by atoms with Crippen molar-refractivity contribution < 1.29 is 13.6 Å². The van der Waals surface area contributed by atoms with Gasteiger partial charge in [0.15, 0.2) is 0 Å². The zero-order valence-electron chi connectivity index (χ0n) is 18.8. The fourth-order valence-corrected chi connectivity index (χ4v) is 3.54. The first-order chi connectivity index (χ1) is 12.6. The van der Waals surface area contributed by atoms with Crippen molar-refractivity contribution in [3.05, 3.63) is 0 Å². The second-order valence-corrected chi connectivity index (χ2v) is 8.49. The zero-order valence-corrected chi connectivity index (χ0v) is 19.8. The Balaban J connectivity index is 0. The van der Waals surface area contributed by atoms with Crippen LogP contribution >= 0.6 is 8.25 Å². The molecule has 0 heterocycles. The van der Waals surface area contributed by atoms with Crippen LogP contribution in [0.15, 0.2) is 0 Å². The average molecular weight is 393 g/mol. The van der Waals surface area contributed by atoms with Crippen LogP contribution in [0.1, 0.15) is 119 Å². The van der Waals surface area contributed by atoms with E-state index in [1.165, 1.54) is 51.4 Å². The minimum Gasteiger partial charge on any atom is -0.310 e. The van der Waals surface area contributed by atoms with E-state index in [2.05, 4.69) is 41.5 Å². The summed E-state index contributed by atoms with van der Waals surface area (Å²) in [6.07, 6.45) is 14.9. The highest BCUT2D eigenvalue weighted by Crippen LogP contribution is 2.28. The van der Waals surface area contributed by atoms with Crippen molar-refractivity contribution in [2.45, 2.75) is 119 Å². The van der Waals surface area contributed by atoms with Crippen LogP contribution in [0, 0.1) is 11.8 Å². The standard InChI is InChI=1S/C16H35O3P.C6H14/c1-5-9-11-15(7-3)13-18-20(17)19-14-16(8-4)12-10-6-2;1-3-5-6-4-2/h15-16,20H,5-14H2,1-4H3;3-6H2,1-2H3. The quantitative estimate of drug-likeness (QED) is 0.184. The molecule has 0 bridgehead atoms. The SMILES string of the molecule is CCCCC(CC)CO[PH](=O)OCC(CC)CCCC.CCCCCC. The van der Waals surface area contributed by atoms with E-state index in [0.29, 0.717) is 25.0 Å². The summed E-state index contributed by atoms with van der Waals surface area (Å²) in [7, 11) is -2.30. The molecule has 0 aromatic heterocycles. The lowest BCUT2D eigenvalue weighted by atomic mass is 10.0. The second-order valence-electron chi connectivity index (χ2n) is 7.41. The third-order valence-corrected chi connectivity index (χ3v) is 5.72. The van der Waals surface area contributed by atoms with E-state index >= 15 is 0 Å². The molecule has 26 heavy (non-hydrogen) atoms. The molecule has 0 N–H and O–H groups in total. The van der Waals surface area contributed by atoms with Crippen LogP contribution in [-0.2, 0) is 13.6 Å². The average Bonchev–Trinajstić information content (AvgIpc) is 2.67. The van der Waals surface area contributed by atoms with E-state index in [0.717, 1.165) is 25.7 Å². The second kappa shape index (κ2) is 23.2. The molecule has 0 aromatic rings. The maximum absolute atomic E-state index is 11.8. The molecule has 0 aromatic carbocycles. The van der Waals surface area contributed by atoms with Gasteiger partial charge in [-0.15, -0.1) is 0 Å². The Kier molecular flexibility index (Phi) is 25.3.